The number of thioether (sulfide) groups is 1. The van der Waals surface area contributed by atoms with E-state index in [2.05, 4.69) is 102 Å². The van der Waals surface area contributed by atoms with E-state index in [-0.39, 0.29) is 6.04 Å². The number of rotatable bonds is 10. The molecule has 0 aromatic heterocycles. The third-order valence-electron chi connectivity index (χ3n) is 7.88. The molecule has 5 unspecified atom stereocenters. The lowest BCUT2D eigenvalue weighted by molar-refractivity contribution is 0.330. The highest BCUT2D eigenvalue weighted by Crippen LogP contribution is 2.33. The Morgan fingerprint density at radius 1 is 0.848 bits per heavy atom. The van der Waals surface area contributed by atoms with Crippen molar-refractivity contribution in [2.45, 2.75) is 89.8 Å². The zero-order chi connectivity index (χ0) is 24.0. The third-order valence-corrected chi connectivity index (χ3v) is 9.26. The quantitative estimate of drug-likeness (QED) is 0.323. The fourth-order valence-electron chi connectivity index (χ4n) is 4.37. The van der Waals surface area contributed by atoms with Gasteiger partial charge in [0.15, 0.2) is 5.84 Å². The van der Waals surface area contributed by atoms with E-state index in [1.165, 1.54) is 28.9 Å². The number of amidine groups is 1. The molecule has 0 saturated heterocycles. The van der Waals surface area contributed by atoms with Crippen molar-refractivity contribution in [2.24, 2.45) is 27.7 Å². The Bertz CT molecular complexity index is 929. The molecule has 2 aromatic carbocycles. The van der Waals surface area contributed by atoms with E-state index in [1.807, 2.05) is 18.0 Å². The Morgan fingerprint density at radius 3 is 2.09 bits per heavy atom. The van der Waals surface area contributed by atoms with Crippen LogP contribution < -0.4 is 0 Å². The molecule has 1 heterocycles. The van der Waals surface area contributed by atoms with Crippen LogP contribution in [-0.4, -0.2) is 17.3 Å². The first-order chi connectivity index (χ1) is 15.8. The second kappa shape index (κ2) is 12.0. The molecular formula is C30H42N2S. The van der Waals surface area contributed by atoms with E-state index in [1.54, 1.807) is 0 Å². The second-order valence-electron chi connectivity index (χ2n) is 9.95. The van der Waals surface area contributed by atoms with Crippen LogP contribution in [0.5, 0.6) is 0 Å². The zero-order valence-electron chi connectivity index (χ0n) is 21.6. The van der Waals surface area contributed by atoms with E-state index in [9.17, 15) is 0 Å². The van der Waals surface area contributed by atoms with E-state index in [0.717, 1.165) is 29.7 Å². The Labute approximate surface area is 206 Å². The molecule has 6 atom stereocenters. The van der Waals surface area contributed by atoms with E-state index < -0.39 is 0 Å². The molecular weight excluding hydrogens is 420 g/mol. The summed E-state index contributed by atoms with van der Waals surface area (Å²) in [7, 11) is 0. The van der Waals surface area contributed by atoms with Gasteiger partial charge in [0, 0.05) is 28.3 Å². The van der Waals surface area contributed by atoms with Crippen LogP contribution in [0, 0.1) is 17.8 Å². The normalized spacial score (nSPS) is 20.6. The number of benzene rings is 2. The highest BCUT2D eigenvalue weighted by molar-refractivity contribution is 8.00. The van der Waals surface area contributed by atoms with Crippen molar-refractivity contribution in [1.29, 1.82) is 0 Å². The van der Waals surface area contributed by atoms with Gasteiger partial charge in [-0.3, -0.25) is 4.99 Å². The van der Waals surface area contributed by atoms with Crippen molar-refractivity contribution in [1.82, 2.24) is 0 Å². The van der Waals surface area contributed by atoms with Crippen LogP contribution >= 0.6 is 11.8 Å². The van der Waals surface area contributed by atoms with Crippen molar-refractivity contribution >= 4 is 23.8 Å². The molecule has 0 bridgehead atoms. The SMILES string of the molecule is CCC(C)C(C)Sc1ccc(C2CC=NC(c3ccc([C@H](C)C(C)C(C)CC)cc3)=N2)cc1. The molecule has 1 aliphatic rings. The van der Waals surface area contributed by atoms with Crippen LogP contribution in [-0.2, 0) is 0 Å². The summed E-state index contributed by atoms with van der Waals surface area (Å²) >= 11 is 1.98. The lowest BCUT2D eigenvalue weighted by Gasteiger charge is -2.26. The fourth-order valence-corrected chi connectivity index (χ4v) is 5.51. The van der Waals surface area contributed by atoms with Gasteiger partial charge >= 0.3 is 0 Å². The number of aliphatic imine (C=N–C) groups is 2. The van der Waals surface area contributed by atoms with Gasteiger partial charge in [-0.25, -0.2) is 4.99 Å². The molecule has 0 fully saturated rings. The minimum absolute atomic E-state index is 0.146. The van der Waals surface area contributed by atoms with Gasteiger partial charge in [-0.15, -0.1) is 11.8 Å². The van der Waals surface area contributed by atoms with Crippen LogP contribution in [0.3, 0.4) is 0 Å². The summed E-state index contributed by atoms with van der Waals surface area (Å²) in [6.07, 6.45) is 5.35. The number of hydrogen-bond donors (Lipinski definition) is 0. The Kier molecular flexibility index (Phi) is 9.37. The maximum atomic E-state index is 5.02. The lowest BCUT2D eigenvalue weighted by atomic mass is 9.80. The van der Waals surface area contributed by atoms with Crippen LogP contribution in [0.15, 0.2) is 63.4 Å². The van der Waals surface area contributed by atoms with Gasteiger partial charge < -0.3 is 0 Å². The topological polar surface area (TPSA) is 24.7 Å². The fraction of sp³-hybridized carbons (Fsp3) is 0.533. The summed E-state index contributed by atoms with van der Waals surface area (Å²) < 4.78 is 0. The molecule has 33 heavy (non-hydrogen) atoms. The highest BCUT2D eigenvalue weighted by atomic mass is 32.2. The summed E-state index contributed by atoms with van der Waals surface area (Å²) in [5.74, 6) is 3.53. The van der Waals surface area contributed by atoms with Crippen LogP contribution in [0.1, 0.15) is 96.4 Å². The van der Waals surface area contributed by atoms with Gasteiger partial charge in [-0.1, -0.05) is 97.7 Å². The first-order valence-corrected chi connectivity index (χ1v) is 13.7. The Hall–Kier alpha value is -1.87. The first-order valence-electron chi connectivity index (χ1n) is 12.8. The van der Waals surface area contributed by atoms with Gasteiger partial charge in [0.2, 0.25) is 0 Å². The summed E-state index contributed by atoms with van der Waals surface area (Å²) in [6, 6.07) is 18.1. The molecule has 2 aromatic rings. The van der Waals surface area contributed by atoms with Crippen LogP contribution in [0.4, 0.5) is 0 Å². The molecule has 0 N–H and O–H groups in total. The minimum atomic E-state index is 0.146. The largest absolute Gasteiger partial charge is 0.258 e. The smallest absolute Gasteiger partial charge is 0.154 e. The van der Waals surface area contributed by atoms with Crippen molar-refractivity contribution < 1.29 is 0 Å². The third kappa shape index (κ3) is 6.59. The second-order valence-corrected chi connectivity index (χ2v) is 11.4. The predicted molar refractivity (Wildman–Crippen MR) is 147 cm³/mol. The van der Waals surface area contributed by atoms with Gasteiger partial charge in [-0.2, -0.15) is 0 Å². The van der Waals surface area contributed by atoms with Crippen molar-refractivity contribution in [2.75, 3.05) is 0 Å². The summed E-state index contributed by atoms with van der Waals surface area (Å²) in [5.41, 5.74) is 3.78. The maximum absolute atomic E-state index is 5.02. The van der Waals surface area contributed by atoms with Gasteiger partial charge in [0.05, 0.1) is 6.04 Å². The molecule has 0 aliphatic carbocycles. The minimum Gasteiger partial charge on any atom is -0.258 e. The van der Waals surface area contributed by atoms with Gasteiger partial charge in [0.25, 0.3) is 0 Å². The van der Waals surface area contributed by atoms with E-state index >= 15 is 0 Å². The predicted octanol–water partition coefficient (Wildman–Crippen LogP) is 8.96. The molecule has 3 heteroatoms. The van der Waals surface area contributed by atoms with Crippen molar-refractivity contribution in [3.05, 3.63) is 65.2 Å². The van der Waals surface area contributed by atoms with Crippen LogP contribution in [0.25, 0.3) is 0 Å². The van der Waals surface area contributed by atoms with Crippen LogP contribution in [0.2, 0.25) is 0 Å². The molecule has 2 nitrogen and oxygen atoms in total. The van der Waals surface area contributed by atoms with E-state index in [4.69, 9.17) is 4.99 Å². The lowest BCUT2D eigenvalue weighted by Crippen LogP contribution is -2.15. The monoisotopic (exact) mass is 462 g/mol. The number of nitrogens with zero attached hydrogens (tertiary/aromatic N) is 2. The molecule has 0 spiro atoms. The average Bonchev–Trinajstić information content (AvgIpc) is 2.87. The summed E-state index contributed by atoms with van der Waals surface area (Å²) in [5, 5.41) is 0.631. The molecule has 0 radical (unpaired) electrons. The van der Waals surface area contributed by atoms with Crippen molar-refractivity contribution in [3.63, 3.8) is 0 Å². The Morgan fingerprint density at radius 2 is 1.48 bits per heavy atom. The molecule has 1 aliphatic heterocycles. The van der Waals surface area contributed by atoms with Crippen molar-refractivity contribution in [3.8, 4) is 0 Å². The van der Waals surface area contributed by atoms with E-state index in [0.29, 0.717) is 17.1 Å². The summed E-state index contributed by atoms with van der Waals surface area (Å²) in [6.45, 7) is 16.3. The molecule has 3 rings (SSSR count). The molecule has 0 amide bonds. The standard InChI is InChI=1S/C30H42N2S/c1-8-20(3)22(5)23(6)25-10-12-27(13-11-25)30-31-19-18-29(32-30)26-14-16-28(17-15-26)33-24(7)21(4)9-2/h10-17,19-24,29H,8-9,18H2,1-7H3/t20?,21?,22?,23-,24?,29?/m1/s1. The summed E-state index contributed by atoms with van der Waals surface area (Å²) in [4.78, 5) is 11.0. The first kappa shape index (κ1) is 25.7. The van der Waals surface area contributed by atoms with Gasteiger partial charge in [0.1, 0.15) is 0 Å². The zero-order valence-corrected chi connectivity index (χ0v) is 22.4. The molecule has 178 valence electrons. The number of hydrogen-bond acceptors (Lipinski definition) is 3. The molecule has 0 saturated carbocycles. The highest BCUT2D eigenvalue weighted by Gasteiger charge is 2.20. The van der Waals surface area contributed by atoms with Gasteiger partial charge in [-0.05, 0) is 46.9 Å². The average molecular weight is 463 g/mol. The Balaban J connectivity index is 1.70. The maximum Gasteiger partial charge on any atom is 0.154 e.